The van der Waals surface area contributed by atoms with Crippen LogP contribution in [0, 0.1) is 0 Å². The molecule has 1 aromatic carbocycles. The third-order valence-electron chi connectivity index (χ3n) is 3.21. The van der Waals surface area contributed by atoms with E-state index in [2.05, 4.69) is 46.5 Å². The summed E-state index contributed by atoms with van der Waals surface area (Å²) in [6, 6.07) is 9.95. The first kappa shape index (κ1) is 14.3. The number of aryl methyl sites for hydroxylation is 1. The molecule has 0 atom stereocenters. The Bertz CT molecular complexity index is 614. The zero-order valence-corrected chi connectivity index (χ0v) is 12.2. The van der Waals surface area contributed by atoms with E-state index in [0.29, 0.717) is 18.2 Å². The zero-order chi connectivity index (χ0) is 14.5. The predicted octanol–water partition coefficient (Wildman–Crippen LogP) is 3.07. The summed E-state index contributed by atoms with van der Waals surface area (Å²) in [5.41, 5.74) is 2.38. The number of anilines is 1. The molecule has 20 heavy (non-hydrogen) atoms. The number of H-pyrrole nitrogens is 1. The molecule has 106 valence electrons. The molecule has 1 aromatic heterocycles. The lowest BCUT2D eigenvalue weighted by Crippen LogP contribution is -2.14. The second kappa shape index (κ2) is 6.37. The van der Waals surface area contributed by atoms with E-state index in [0.717, 1.165) is 6.42 Å². The standard InChI is InChI=1S/C16H21N3O/c1-4-12-5-7-13(8-6-12)10-17-14-9-15(20)19-16(18-14)11(2)3/h5-9,11H,4,10H2,1-3H3,(H2,17,18,19,20). The molecule has 4 heteroatoms. The molecule has 2 N–H and O–H groups in total. The fourth-order valence-electron chi connectivity index (χ4n) is 1.93. The molecule has 0 saturated carbocycles. The zero-order valence-electron chi connectivity index (χ0n) is 12.2. The maximum absolute atomic E-state index is 11.6. The summed E-state index contributed by atoms with van der Waals surface area (Å²) >= 11 is 0. The summed E-state index contributed by atoms with van der Waals surface area (Å²) < 4.78 is 0. The Kier molecular flexibility index (Phi) is 4.56. The number of nitrogens with zero attached hydrogens (tertiary/aromatic N) is 1. The van der Waals surface area contributed by atoms with Crippen LogP contribution in [0.4, 0.5) is 5.82 Å². The number of rotatable bonds is 5. The van der Waals surface area contributed by atoms with E-state index in [-0.39, 0.29) is 11.5 Å². The van der Waals surface area contributed by atoms with Crippen LogP contribution >= 0.6 is 0 Å². The molecule has 0 bridgehead atoms. The summed E-state index contributed by atoms with van der Waals surface area (Å²) in [6.07, 6.45) is 1.04. The third kappa shape index (κ3) is 3.70. The average molecular weight is 271 g/mol. The first-order chi connectivity index (χ1) is 9.58. The lowest BCUT2D eigenvalue weighted by Gasteiger charge is -2.09. The van der Waals surface area contributed by atoms with Crippen molar-refractivity contribution in [3.05, 3.63) is 57.6 Å². The van der Waals surface area contributed by atoms with E-state index in [1.54, 1.807) is 0 Å². The molecular formula is C16H21N3O. The smallest absolute Gasteiger partial charge is 0.252 e. The second-order valence-electron chi connectivity index (χ2n) is 5.19. The third-order valence-corrected chi connectivity index (χ3v) is 3.21. The highest BCUT2D eigenvalue weighted by Crippen LogP contribution is 2.11. The number of aromatic nitrogens is 2. The van der Waals surface area contributed by atoms with Gasteiger partial charge in [-0.05, 0) is 17.5 Å². The molecule has 0 spiro atoms. The predicted molar refractivity (Wildman–Crippen MR) is 82.1 cm³/mol. The number of nitrogens with one attached hydrogen (secondary N) is 2. The molecule has 0 amide bonds. The Labute approximate surface area is 119 Å². The van der Waals surface area contributed by atoms with Crippen molar-refractivity contribution in [3.8, 4) is 0 Å². The SMILES string of the molecule is CCc1ccc(CNc2cc(=O)[nH]c(C(C)C)n2)cc1. The van der Waals surface area contributed by atoms with Crippen LogP contribution < -0.4 is 10.9 Å². The van der Waals surface area contributed by atoms with Crippen LogP contribution in [0.15, 0.2) is 35.1 Å². The highest BCUT2D eigenvalue weighted by molar-refractivity contribution is 5.35. The van der Waals surface area contributed by atoms with Gasteiger partial charge in [-0.1, -0.05) is 45.0 Å². The Hall–Kier alpha value is -2.10. The molecule has 0 unspecified atom stereocenters. The van der Waals surface area contributed by atoms with Gasteiger partial charge in [0.25, 0.3) is 5.56 Å². The van der Waals surface area contributed by atoms with Crippen LogP contribution in [0.5, 0.6) is 0 Å². The van der Waals surface area contributed by atoms with Crippen molar-refractivity contribution in [1.82, 2.24) is 9.97 Å². The first-order valence-electron chi connectivity index (χ1n) is 7.01. The molecule has 0 saturated heterocycles. The minimum atomic E-state index is -0.118. The summed E-state index contributed by atoms with van der Waals surface area (Å²) in [6.45, 7) is 6.82. The van der Waals surface area contributed by atoms with Crippen LogP contribution in [0.2, 0.25) is 0 Å². The van der Waals surface area contributed by atoms with E-state index in [4.69, 9.17) is 0 Å². The topological polar surface area (TPSA) is 57.8 Å². The molecule has 2 rings (SSSR count). The van der Waals surface area contributed by atoms with Gasteiger partial charge in [0.2, 0.25) is 0 Å². The normalized spacial score (nSPS) is 10.8. The van der Waals surface area contributed by atoms with Crippen LogP contribution in [0.25, 0.3) is 0 Å². The first-order valence-corrected chi connectivity index (χ1v) is 7.01. The van der Waals surface area contributed by atoms with Crippen LogP contribution in [-0.4, -0.2) is 9.97 Å². The van der Waals surface area contributed by atoms with E-state index < -0.39 is 0 Å². The van der Waals surface area contributed by atoms with E-state index in [1.807, 2.05) is 13.8 Å². The van der Waals surface area contributed by atoms with Gasteiger partial charge in [-0.3, -0.25) is 4.79 Å². The summed E-state index contributed by atoms with van der Waals surface area (Å²) in [5.74, 6) is 1.53. The Morgan fingerprint density at radius 1 is 1.20 bits per heavy atom. The average Bonchev–Trinajstić information content (AvgIpc) is 2.45. The van der Waals surface area contributed by atoms with Crippen molar-refractivity contribution < 1.29 is 0 Å². The van der Waals surface area contributed by atoms with E-state index in [9.17, 15) is 4.79 Å². The molecule has 0 radical (unpaired) electrons. The molecule has 4 nitrogen and oxygen atoms in total. The lowest BCUT2D eigenvalue weighted by atomic mass is 10.1. The maximum Gasteiger partial charge on any atom is 0.252 e. The fraction of sp³-hybridized carbons (Fsp3) is 0.375. The van der Waals surface area contributed by atoms with Gasteiger partial charge in [0.1, 0.15) is 11.6 Å². The minimum absolute atomic E-state index is 0.118. The van der Waals surface area contributed by atoms with Crippen LogP contribution in [0.3, 0.4) is 0 Å². The summed E-state index contributed by atoms with van der Waals surface area (Å²) in [5, 5.41) is 3.20. The fourth-order valence-corrected chi connectivity index (χ4v) is 1.93. The highest BCUT2D eigenvalue weighted by Gasteiger charge is 2.05. The molecule has 0 aliphatic heterocycles. The van der Waals surface area contributed by atoms with E-state index >= 15 is 0 Å². The van der Waals surface area contributed by atoms with Crippen molar-refractivity contribution in [2.45, 2.75) is 39.7 Å². The van der Waals surface area contributed by atoms with Crippen molar-refractivity contribution in [3.63, 3.8) is 0 Å². The van der Waals surface area contributed by atoms with Gasteiger partial charge in [-0.15, -0.1) is 0 Å². The molecule has 1 heterocycles. The Morgan fingerprint density at radius 3 is 2.45 bits per heavy atom. The summed E-state index contributed by atoms with van der Waals surface area (Å²) in [7, 11) is 0. The quantitative estimate of drug-likeness (QED) is 0.878. The van der Waals surface area contributed by atoms with E-state index in [1.165, 1.54) is 17.2 Å². The van der Waals surface area contributed by atoms with Gasteiger partial charge < -0.3 is 10.3 Å². The van der Waals surface area contributed by atoms with Crippen molar-refractivity contribution in [2.24, 2.45) is 0 Å². The van der Waals surface area contributed by atoms with Crippen molar-refractivity contribution >= 4 is 5.82 Å². The minimum Gasteiger partial charge on any atom is -0.366 e. The second-order valence-corrected chi connectivity index (χ2v) is 5.19. The lowest BCUT2D eigenvalue weighted by molar-refractivity contribution is 0.766. The summed E-state index contributed by atoms with van der Waals surface area (Å²) in [4.78, 5) is 18.7. The Balaban J connectivity index is 2.08. The largest absolute Gasteiger partial charge is 0.366 e. The van der Waals surface area contributed by atoms with Crippen molar-refractivity contribution in [2.75, 3.05) is 5.32 Å². The number of benzene rings is 1. The number of hydrogen-bond acceptors (Lipinski definition) is 3. The van der Waals surface area contributed by atoms with Gasteiger partial charge in [0.05, 0.1) is 0 Å². The molecule has 0 fully saturated rings. The van der Waals surface area contributed by atoms with Crippen LogP contribution in [0.1, 0.15) is 43.6 Å². The monoisotopic (exact) mass is 271 g/mol. The maximum atomic E-state index is 11.6. The van der Waals surface area contributed by atoms with Crippen LogP contribution in [-0.2, 0) is 13.0 Å². The van der Waals surface area contributed by atoms with Gasteiger partial charge in [-0.2, -0.15) is 0 Å². The van der Waals surface area contributed by atoms with Gasteiger partial charge in [0.15, 0.2) is 0 Å². The molecule has 0 aliphatic carbocycles. The van der Waals surface area contributed by atoms with Gasteiger partial charge in [0, 0.05) is 18.5 Å². The highest BCUT2D eigenvalue weighted by atomic mass is 16.1. The van der Waals surface area contributed by atoms with Gasteiger partial charge >= 0.3 is 0 Å². The van der Waals surface area contributed by atoms with Crippen molar-refractivity contribution in [1.29, 1.82) is 0 Å². The van der Waals surface area contributed by atoms with Gasteiger partial charge in [-0.25, -0.2) is 4.98 Å². The molecular weight excluding hydrogens is 250 g/mol. The Morgan fingerprint density at radius 2 is 1.85 bits per heavy atom. The number of hydrogen-bond donors (Lipinski definition) is 2. The number of aromatic amines is 1. The molecule has 2 aromatic rings. The molecule has 0 aliphatic rings.